The molecular weight excluding hydrogens is 552 g/mol. The number of anilines is 1. The van der Waals surface area contributed by atoms with E-state index in [1.807, 2.05) is 0 Å². The number of nitrogen functional groups attached to an aromatic ring is 1. The van der Waals surface area contributed by atoms with Crippen LogP contribution in [0.3, 0.4) is 0 Å². The summed E-state index contributed by atoms with van der Waals surface area (Å²) in [6, 6.07) is -1.93. The number of nitrogens with two attached hydrogens (primary N) is 1. The molecular formula is C18H27N7O11P2. The predicted octanol–water partition coefficient (Wildman–Crippen LogP) is -0.107. The third kappa shape index (κ3) is 7.41. The first-order valence-corrected chi connectivity index (χ1v) is 13.8. The van der Waals surface area contributed by atoms with Gasteiger partial charge < -0.3 is 24.8 Å². The van der Waals surface area contributed by atoms with Crippen molar-refractivity contribution in [2.75, 3.05) is 46.4 Å². The number of aromatic amines is 1. The van der Waals surface area contributed by atoms with Crippen molar-refractivity contribution in [3.63, 3.8) is 0 Å². The van der Waals surface area contributed by atoms with Crippen LogP contribution >= 0.6 is 15.6 Å². The number of nitrogens with one attached hydrogen (secondary N) is 1. The van der Waals surface area contributed by atoms with Crippen LogP contribution in [0.2, 0.25) is 0 Å². The first-order valence-electron chi connectivity index (χ1n) is 10.8. The van der Waals surface area contributed by atoms with Crippen molar-refractivity contribution >= 4 is 32.6 Å². The molecule has 0 bridgehead atoms. The molecule has 0 saturated heterocycles. The van der Waals surface area contributed by atoms with Gasteiger partial charge in [0.1, 0.15) is 11.8 Å². The molecule has 5 N–H and O–H groups in total. The molecule has 0 spiro atoms. The summed E-state index contributed by atoms with van der Waals surface area (Å²) in [4.78, 5) is 57.9. The predicted molar refractivity (Wildman–Crippen MR) is 130 cm³/mol. The summed E-state index contributed by atoms with van der Waals surface area (Å²) in [5, 5.41) is 0. The zero-order valence-electron chi connectivity index (χ0n) is 20.5. The highest BCUT2D eigenvalue weighted by Gasteiger charge is 2.30. The lowest BCUT2D eigenvalue weighted by atomic mass is 10.3. The number of aryl methyl sites for hydroxylation is 1. The van der Waals surface area contributed by atoms with Crippen LogP contribution < -0.4 is 17.0 Å². The molecule has 0 radical (unpaired) electrons. The summed E-state index contributed by atoms with van der Waals surface area (Å²) in [7, 11) is -6.89. The van der Waals surface area contributed by atoms with E-state index in [2.05, 4.69) is 24.5 Å². The van der Waals surface area contributed by atoms with E-state index in [0.29, 0.717) is 0 Å². The molecule has 20 heteroatoms. The van der Waals surface area contributed by atoms with Gasteiger partial charge in [0.2, 0.25) is 0 Å². The summed E-state index contributed by atoms with van der Waals surface area (Å²) in [6.07, 6.45) is 3.70. The van der Waals surface area contributed by atoms with Gasteiger partial charge in [-0.25, -0.2) is 28.9 Å². The van der Waals surface area contributed by atoms with Crippen LogP contribution in [0, 0.1) is 6.92 Å². The Bertz CT molecular complexity index is 1470. The number of rotatable bonds is 14. The molecule has 2 unspecified atom stereocenters. The van der Waals surface area contributed by atoms with E-state index in [0.717, 1.165) is 18.0 Å². The molecule has 3 aromatic heterocycles. The maximum absolute atomic E-state index is 12.7. The van der Waals surface area contributed by atoms with Crippen LogP contribution in [0.15, 0.2) is 28.4 Å². The van der Waals surface area contributed by atoms with Crippen LogP contribution in [0.5, 0.6) is 0 Å². The standard InChI is InChI=1S/C18H27N7O11P2/c1-11-4-24(18(27)23-17(11)26)12(5-32-2)6-35-38(30,31)36-8-13(7-34-37(28,29)33-3)25-10-22-14-15(19)20-9-21-16(14)25/h4,9-10,12-13H,5-8H2,1-3H3,(H,28,29)(H,30,31)(H2,19,20,21)(H,23,26,27)/t12-,13+/m0/s1. The largest absolute Gasteiger partial charge is 0.472 e. The van der Waals surface area contributed by atoms with Gasteiger partial charge in [-0.2, -0.15) is 0 Å². The highest BCUT2D eigenvalue weighted by Crippen LogP contribution is 2.46. The molecule has 18 nitrogen and oxygen atoms in total. The van der Waals surface area contributed by atoms with Crippen LogP contribution in [-0.4, -0.2) is 79.5 Å². The van der Waals surface area contributed by atoms with E-state index in [-0.39, 0.29) is 29.2 Å². The van der Waals surface area contributed by atoms with Gasteiger partial charge in [0, 0.05) is 26.0 Å². The highest BCUT2D eigenvalue weighted by atomic mass is 31.2. The fourth-order valence-electron chi connectivity index (χ4n) is 3.24. The van der Waals surface area contributed by atoms with Gasteiger partial charge in [0.15, 0.2) is 11.5 Å². The zero-order valence-corrected chi connectivity index (χ0v) is 22.3. The second kappa shape index (κ2) is 12.4. The Morgan fingerprint density at radius 1 is 0.974 bits per heavy atom. The molecule has 38 heavy (non-hydrogen) atoms. The number of imidazole rings is 1. The number of hydrogen-bond donors (Lipinski definition) is 4. The number of methoxy groups -OCH3 is 1. The fraction of sp³-hybridized carbons (Fsp3) is 0.500. The Kier molecular flexibility index (Phi) is 9.69. The third-order valence-corrected chi connectivity index (χ3v) is 7.09. The molecule has 3 rings (SSSR count). The van der Waals surface area contributed by atoms with Crippen molar-refractivity contribution in [3.05, 3.63) is 45.3 Å². The number of aromatic nitrogens is 6. The summed E-state index contributed by atoms with van der Waals surface area (Å²) >= 11 is 0. The Morgan fingerprint density at radius 3 is 2.18 bits per heavy atom. The molecule has 210 valence electrons. The number of ether oxygens (including phenoxy) is 1. The van der Waals surface area contributed by atoms with Crippen LogP contribution in [0.1, 0.15) is 17.6 Å². The van der Waals surface area contributed by atoms with Crippen molar-refractivity contribution in [2.45, 2.75) is 19.0 Å². The van der Waals surface area contributed by atoms with E-state index < -0.39 is 58.8 Å². The smallest absolute Gasteiger partial charge is 0.382 e. The SMILES string of the molecule is COC[C@@H](COP(=O)(O)OC[C@@H](COP(=O)(O)OC)n1cnc2c(N)ncnc21)n1cc(C)c(=O)[nH]c1=O. The van der Waals surface area contributed by atoms with Gasteiger partial charge in [0.25, 0.3) is 5.56 Å². The Balaban J connectivity index is 1.77. The number of hydrogen-bond acceptors (Lipinski definition) is 13. The van der Waals surface area contributed by atoms with Gasteiger partial charge in [-0.1, -0.05) is 0 Å². The molecule has 0 aliphatic carbocycles. The normalized spacial score (nSPS) is 16.7. The highest BCUT2D eigenvalue weighted by molar-refractivity contribution is 7.47. The molecule has 0 aliphatic rings. The minimum atomic E-state index is -4.78. The molecule has 3 aromatic rings. The number of H-pyrrole nitrogens is 1. The van der Waals surface area contributed by atoms with E-state index in [1.54, 1.807) is 0 Å². The zero-order chi connectivity index (χ0) is 28.1. The number of nitrogens with zero attached hydrogens (tertiary/aromatic N) is 5. The first kappa shape index (κ1) is 29.8. The van der Waals surface area contributed by atoms with Gasteiger partial charge in [-0.3, -0.25) is 32.4 Å². The number of phosphoric ester groups is 2. The summed E-state index contributed by atoms with van der Waals surface area (Å²) in [6.45, 7) is -0.252. The van der Waals surface area contributed by atoms with E-state index in [4.69, 9.17) is 24.0 Å². The van der Waals surface area contributed by atoms with Gasteiger partial charge in [0.05, 0.1) is 44.8 Å². The Hall–Kier alpha value is -2.79. The van der Waals surface area contributed by atoms with E-state index in [1.165, 1.54) is 31.1 Å². The van der Waals surface area contributed by atoms with Crippen molar-refractivity contribution in [3.8, 4) is 0 Å². The average molecular weight is 579 g/mol. The van der Waals surface area contributed by atoms with Gasteiger partial charge >= 0.3 is 21.3 Å². The van der Waals surface area contributed by atoms with Crippen LogP contribution in [0.25, 0.3) is 11.2 Å². The number of fused-ring (bicyclic) bond motifs is 1. The molecule has 0 saturated carbocycles. The second-order valence-corrected chi connectivity index (χ2v) is 10.8. The van der Waals surface area contributed by atoms with Crippen molar-refractivity contribution in [2.24, 2.45) is 0 Å². The lowest BCUT2D eigenvalue weighted by molar-refractivity contribution is 0.0779. The molecule has 0 fully saturated rings. The lowest BCUT2D eigenvalue weighted by Crippen LogP contribution is -2.36. The first-order chi connectivity index (χ1) is 17.9. The van der Waals surface area contributed by atoms with Crippen LogP contribution in [-0.2, 0) is 32.0 Å². The summed E-state index contributed by atoms with van der Waals surface area (Å²) < 4.78 is 51.6. The fourth-order valence-corrected chi connectivity index (χ4v) is 4.50. The van der Waals surface area contributed by atoms with Crippen molar-refractivity contribution in [1.29, 1.82) is 0 Å². The van der Waals surface area contributed by atoms with Crippen molar-refractivity contribution < 1.29 is 41.7 Å². The molecule has 3 heterocycles. The van der Waals surface area contributed by atoms with E-state index in [9.17, 15) is 28.5 Å². The Morgan fingerprint density at radius 2 is 1.58 bits per heavy atom. The topological polar surface area (TPSA) is 245 Å². The van der Waals surface area contributed by atoms with Gasteiger partial charge in [-0.05, 0) is 6.92 Å². The average Bonchev–Trinajstić information content (AvgIpc) is 3.29. The maximum Gasteiger partial charge on any atom is 0.472 e. The van der Waals surface area contributed by atoms with Crippen molar-refractivity contribution in [1.82, 2.24) is 29.1 Å². The molecule has 0 amide bonds. The summed E-state index contributed by atoms with van der Waals surface area (Å²) in [5.41, 5.74) is 5.09. The number of phosphoric acid groups is 2. The molecule has 0 aromatic carbocycles. The lowest BCUT2D eigenvalue weighted by Gasteiger charge is -2.23. The third-order valence-electron chi connectivity index (χ3n) is 5.20. The van der Waals surface area contributed by atoms with Crippen LogP contribution in [0.4, 0.5) is 5.82 Å². The maximum atomic E-state index is 12.7. The van der Waals surface area contributed by atoms with E-state index >= 15 is 0 Å². The monoisotopic (exact) mass is 579 g/mol. The minimum absolute atomic E-state index is 0.0622. The Labute approximate surface area is 214 Å². The summed E-state index contributed by atoms with van der Waals surface area (Å²) in [5.74, 6) is 0.0622. The molecule has 0 aliphatic heterocycles. The quantitative estimate of drug-likeness (QED) is 0.182. The van der Waals surface area contributed by atoms with Gasteiger partial charge in [-0.15, -0.1) is 0 Å². The minimum Gasteiger partial charge on any atom is -0.382 e. The molecule has 4 atom stereocenters. The second-order valence-electron chi connectivity index (χ2n) is 7.83.